The number of benzene rings is 2. The van der Waals surface area contributed by atoms with Crippen LogP contribution in [0.25, 0.3) is 11.1 Å². The minimum Gasteiger partial charge on any atom is -0.298 e. The predicted octanol–water partition coefficient (Wildman–Crippen LogP) is 4.38. The zero-order valence-electron chi connectivity index (χ0n) is 9.21. The van der Waals surface area contributed by atoms with E-state index in [-0.39, 0.29) is 5.56 Å². The van der Waals surface area contributed by atoms with Gasteiger partial charge >= 0.3 is 0 Å². The molecule has 0 unspecified atom stereocenters. The quantitative estimate of drug-likeness (QED) is 0.751. The summed E-state index contributed by atoms with van der Waals surface area (Å²) in [6, 6.07) is 10.4. The Labute approximate surface area is 107 Å². The average molecular weight is 293 g/mol. The lowest BCUT2D eigenvalue weighted by Gasteiger charge is -2.09. The maximum Gasteiger partial charge on any atom is 0.153 e. The second-order valence-corrected chi connectivity index (χ2v) is 4.59. The Hall–Kier alpha value is -1.48. The van der Waals surface area contributed by atoms with Gasteiger partial charge < -0.3 is 0 Å². The summed E-state index contributed by atoms with van der Waals surface area (Å²) < 4.78 is 14.9. The fraction of sp³-hybridized carbons (Fsp3) is 0.0714. The van der Waals surface area contributed by atoms with Crippen LogP contribution in [0.15, 0.2) is 40.9 Å². The summed E-state index contributed by atoms with van der Waals surface area (Å²) in [5.74, 6) is -0.469. The van der Waals surface area contributed by atoms with Crippen LogP contribution in [-0.2, 0) is 0 Å². The Balaban J connectivity index is 2.69. The van der Waals surface area contributed by atoms with Gasteiger partial charge in [0.2, 0.25) is 0 Å². The summed E-state index contributed by atoms with van der Waals surface area (Å²) in [5, 5.41) is 0. The molecule has 0 aliphatic rings. The van der Waals surface area contributed by atoms with E-state index in [2.05, 4.69) is 15.9 Å². The van der Waals surface area contributed by atoms with Crippen molar-refractivity contribution in [3.63, 3.8) is 0 Å². The van der Waals surface area contributed by atoms with Crippen molar-refractivity contribution in [1.29, 1.82) is 0 Å². The number of carbonyl (C=O) groups is 1. The molecule has 0 spiro atoms. The van der Waals surface area contributed by atoms with Gasteiger partial charge in [0.05, 0.1) is 5.56 Å². The van der Waals surface area contributed by atoms with E-state index >= 15 is 0 Å². The van der Waals surface area contributed by atoms with E-state index in [1.165, 1.54) is 6.07 Å². The molecule has 3 heteroatoms. The molecule has 2 aromatic rings. The molecule has 1 nitrogen and oxygen atoms in total. The fourth-order valence-electron chi connectivity index (χ4n) is 1.75. The fourth-order valence-corrected chi connectivity index (χ4v) is 2.11. The Morgan fingerprint density at radius 1 is 1.12 bits per heavy atom. The van der Waals surface area contributed by atoms with Gasteiger partial charge in [-0.25, -0.2) is 4.39 Å². The molecule has 0 fully saturated rings. The Morgan fingerprint density at radius 3 is 2.47 bits per heavy atom. The molecule has 0 saturated carbocycles. The lowest BCUT2D eigenvalue weighted by molar-refractivity contribution is 0.112. The molecule has 0 amide bonds. The number of carbonyl (C=O) groups excluding carboxylic acids is 1. The maximum atomic E-state index is 14.0. The third kappa shape index (κ3) is 2.15. The minimum absolute atomic E-state index is 0.0851. The number of hydrogen-bond acceptors (Lipinski definition) is 1. The lowest BCUT2D eigenvalue weighted by Crippen LogP contribution is -1.93. The molecule has 86 valence electrons. The predicted molar refractivity (Wildman–Crippen MR) is 69.7 cm³/mol. The van der Waals surface area contributed by atoms with E-state index in [0.717, 1.165) is 15.6 Å². The number of halogens is 2. The summed E-state index contributed by atoms with van der Waals surface area (Å²) in [6.07, 6.45) is 0.534. The van der Waals surface area contributed by atoms with E-state index in [0.29, 0.717) is 11.8 Å². The average Bonchev–Trinajstić information content (AvgIpc) is 2.33. The van der Waals surface area contributed by atoms with Crippen LogP contribution in [0.1, 0.15) is 15.9 Å². The lowest BCUT2D eigenvalue weighted by atomic mass is 9.98. The largest absolute Gasteiger partial charge is 0.298 e. The zero-order valence-corrected chi connectivity index (χ0v) is 10.8. The van der Waals surface area contributed by atoms with Crippen molar-refractivity contribution in [2.75, 3.05) is 0 Å². The third-order valence-corrected chi connectivity index (χ3v) is 3.57. The molecule has 2 rings (SSSR count). The maximum absolute atomic E-state index is 14.0. The van der Waals surface area contributed by atoms with E-state index in [9.17, 15) is 9.18 Å². The Kier molecular flexibility index (Phi) is 3.38. The van der Waals surface area contributed by atoms with Crippen LogP contribution in [0.4, 0.5) is 4.39 Å². The highest BCUT2D eigenvalue weighted by atomic mass is 79.9. The zero-order chi connectivity index (χ0) is 12.4. The van der Waals surface area contributed by atoms with Gasteiger partial charge in [-0.15, -0.1) is 0 Å². The van der Waals surface area contributed by atoms with Gasteiger partial charge in [-0.05, 0) is 30.2 Å². The Bertz CT molecular complexity index is 578. The summed E-state index contributed by atoms with van der Waals surface area (Å²) in [4.78, 5) is 10.7. The van der Waals surface area contributed by atoms with Crippen LogP contribution in [-0.4, -0.2) is 6.29 Å². The standard InChI is InChI=1S/C14H10BrFO/c1-9-11(5-3-7-13(9)15)12-6-2-4-10(8-17)14(12)16/h2-8H,1H3. The van der Waals surface area contributed by atoms with Crippen molar-refractivity contribution in [2.24, 2.45) is 0 Å². The van der Waals surface area contributed by atoms with Gasteiger partial charge in [-0.1, -0.05) is 40.2 Å². The highest BCUT2D eigenvalue weighted by Crippen LogP contribution is 2.31. The summed E-state index contributed by atoms with van der Waals surface area (Å²) >= 11 is 3.41. The van der Waals surface area contributed by atoms with Gasteiger partial charge in [0.1, 0.15) is 5.82 Å². The van der Waals surface area contributed by atoms with Crippen molar-refractivity contribution in [3.05, 3.63) is 57.8 Å². The molecule has 0 heterocycles. The van der Waals surface area contributed by atoms with Crippen molar-refractivity contribution in [2.45, 2.75) is 6.92 Å². The van der Waals surface area contributed by atoms with Crippen molar-refractivity contribution >= 4 is 22.2 Å². The first-order chi connectivity index (χ1) is 8.15. The van der Waals surface area contributed by atoms with E-state index < -0.39 is 5.82 Å². The van der Waals surface area contributed by atoms with Crippen molar-refractivity contribution in [3.8, 4) is 11.1 Å². The van der Waals surface area contributed by atoms with E-state index in [1.54, 1.807) is 12.1 Å². The molecular weight excluding hydrogens is 283 g/mol. The summed E-state index contributed by atoms with van der Waals surface area (Å²) in [6.45, 7) is 1.91. The molecule has 0 aromatic heterocycles. The van der Waals surface area contributed by atoms with Gasteiger partial charge in [0.15, 0.2) is 6.29 Å². The number of rotatable bonds is 2. The summed E-state index contributed by atoms with van der Waals surface area (Å²) in [5.41, 5.74) is 2.28. The molecule has 0 aliphatic carbocycles. The molecule has 0 aliphatic heterocycles. The van der Waals surface area contributed by atoms with Crippen LogP contribution in [0.3, 0.4) is 0 Å². The van der Waals surface area contributed by atoms with E-state index in [4.69, 9.17) is 0 Å². The molecule has 17 heavy (non-hydrogen) atoms. The van der Waals surface area contributed by atoms with Crippen LogP contribution in [0.2, 0.25) is 0 Å². The second-order valence-electron chi connectivity index (χ2n) is 3.74. The third-order valence-electron chi connectivity index (χ3n) is 2.71. The molecule has 0 N–H and O–H groups in total. The molecule has 2 aromatic carbocycles. The van der Waals surface area contributed by atoms with Crippen LogP contribution >= 0.6 is 15.9 Å². The SMILES string of the molecule is Cc1c(Br)cccc1-c1cccc(C=O)c1F. The van der Waals surface area contributed by atoms with Crippen LogP contribution in [0, 0.1) is 12.7 Å². The topological polar surface area (TPSA) is 17.1 Å². The summed E-state index contributed by atoms with van der Waals surface area (Å²) in [7, 11) is 0. The van der Waals surface area contributed by atoms with Crippen molar-refractivity contribution in [1.82, 2.24) is 0 Å². The van der Waals surface area contributed by atoms with Gasteiger partial charge in [-0.3, -0.25) is 4.79 Å². The monoisotopic (exact) mass is 292 g/mol. The van der Waals surface area contributed by atoms with Gasteiger partial charge in [0, 0.05) is 10.0 Å². The molecule has 0 atom stereocenters. The van der Waals surface area contributed by atoms with E-state index in [1.807, 2.05) is 25.1 Å². The van der Waals surface area contributed by atoms with Crippen molar-refractivity contribution < 1.29 is 9.18 Å². The molecular formula is C14H10BrFO. The van der Waals surface area contributed by atoms with Crippen LogP contribution in [0.5, 0.6) is 0 Å². The molecule has 0 bridgehead atoms. The first-order valence-electron chi connectivity index (χ1n) is 5.14. The first-order valence-corrected chi connectivity index (χ1v) is 5.93. The highest BCUT2D eigenvalue weighted by molar-refractivity contribution is 9.10. The number of aldehydes is 1. The van der Waals surface area contributed by atoms with Gasteiger partial charge in [-0.2, -0.15) is 0 Å². The molecule has 0 saturated heterocycles. The number of hydrogen-bond donors (Lipinski definition) is 0. The smallest absolute Gasteiger partial charge is 0.153 e. The normalized spacial score (nSPS) is 10.3. The minimum atomic E-state index is -0.469. The highest BCUT2D eigenvalue weighted by Gasteiger charge is 2.12. The Morgan fingerprint density at radius 2 is 1.76 bits per heavy atom. The van der Waals surface area contributed by atoms with Gasteiger partial charge in [0.25, 0.3) is 0 Å². The van der Waals surface area contributed by atoms with Crippen LogP contribution < -0.4 is 0 Å². The first kappa shape index (κ1) is 12.0. The second kappa shape index (κ2) is 4.80. The molecule has 0 radical (unpaired) electrons.